The third-order valence-electron chi connectivity index (χ3n) is 8.60. The third-order valence-corrected chi connectivity index (χ3v) is 8.60. The molecule has 0 atom stereocenters. The van der Waals surface area contributed by atoms with Crippen LogP contribution < -0.4 is 15.8 Å². The lowest BCUT2D eigenvalue weighted by molar-refractivity contribution is 0.101. The summed E-state index contributed by atoms with van der Waals surface area (Å²) in [5, 5.41) is 3.95. The van der Waals surface area contributed by atoms with E-state index in [1.54, 1.807) is 17.7 Å². The van der Waals surface area contributed by atoms with Gasteiger partial charge in [-0.1, -0.05) is 19.8 Å². The van der Waals surface area contributed by atoms with Crippen molar-refractivity contribution in [1.29, 1.82) is 0 Å². The van der Waals surface area contributed by atoms with Gasteiger partial charge in [0.15, 0.2) is 5.78 Å². The highest BCUT2D eigenvalue weighted by molar-refractivity contribution is 5.99. The first kappa shape index (κ1) is 26.3. The second-order valence-electron chi connectivity index (χ2n) is 11.3. The van der Waals surface area contributed by atoms with Crippen LogP contribution in [0.2, 0.25) is 0 Å². The smallest absolute Gasteiger partial charge is 0.263 e. The number of aryl methyl sites for hydroxylation is 1. The van der Waals surface area contributed by atoms with E-state index >= 15 is 0 Å². The minimum absolute atomic E-state index is 0.0484. The Morgan fingerprint density at radius 1 is 1.08 bits per heavy atom. The molecule has 5 rings (SSSR count). The molecule has 0 amide bonds. The van der Waals surface area contributed by atoms with Gasteiger partial charge >= 0.3 is 0 Å². The van der Waals surface area contributed by atoms with Crippen LogP contribution >= 0.6 is 0 Å². The number of rotatable bonds is 7. The summed E-state index contributed by atoms with van der Waals surface area (Å²) in [6.45, 7) is 14.2. The Balaban J connectivity index is 1.38. The fourth-order valence-corrected chi connectivity index (χ4v) is 5.86. The van der Waals surface area contributed by atoms with Crippen molar-refractivity contribution >= 4 is 34.3 Å². The topological polar surface area (TPSA) is 96.2 Å². The summed E-state index contributed by atoms with van der Waals surface area (Å²) in [6.07, 6.45) is 8.70. The van der Waals surface area contributed by atoms with Crippen molar-refractivity contribution in [3.8, 4) is 0 Å². The zero-order chi connectivity index (χ0) is 27.0. The van der Waals surface area contributed by atoms with Crippen LogP contribution in [0.3, 0.4) is 0 Å². The molecule has 0 unspecified atom stereocenters. The van der Waals surface area contributed by atoms with Gasteiger partial charge in [0, 0.05) is 49.3 Å². The van der Waals surface area contributed by atoms with E-state index < -0.39 is 0 Å². The quantitative estimate of drug-likeness (QED) is 0.444. The number of carbonyl (C=O) groups is 1. The van der Waals surface area contributed by atoms with E-state index in [-0.39, 0.29) is 28.5 Å². The molecular formula is C29H39N7O2. The predicted octanol–water partition coefficient (Wildman–Crippen LogP) is 4.87. The number of pyridine rings is 2. The molecule has 0 radical (unpaired) electrons. The van der Waals surface area contributed by atoms with E-state index in [1.165, 1.54) is 6.92 Å². The highest BCUT2D eigenvalue weighted by Gasteiger charge is 2.29. The Morgan fingerprint density at radius 2 is 1.79 bits per heavy atom. The number of Topliss-reactive ketones (excluding diaryl/α,β-unsaturated/α-hetero) is 1. The van der Waals surface area contributed by atoms with Crippen LogP contribution in [-0.4, -0.2) is 61.9 Å². The van der Waals surface area contributed by atoms with E-state index in [0.29, 0.717) is 23.0 Å². The Hall–Kier alpha value is -3.33. The number of anilines is 3. The predicted molar refractivity (Wildman–Crippen MR) is 152 cm³/mol. The summed E-state index contributed by atoms with van der Waals surface area (Å²) < 4.78 is 1.73. The second kappa shape index (κ2) is 10.4. The maximum absolute atomic E-state index is 13.4. The lowest BCUT2D eigenvalue weighted by Crippen LogP contribution is -2.54. The number of nitrogens with zero attached hydrogens (tertiary/aromatic N) is 6. The van der Waals surface area contributed by atoms with Gasteiger partial charge in [-0.05, 0) is 64.7 Å². The van der Waals surface area contributed by atoms with Gasteiger partial charge in [-0.2, -0.15) is 4.98 Å². The van der Waals surface area contributed by atoms with Gasteiger partial charge in [0.2, 0.25) is 5.95 Å². The first-order valence-corrected chi connectivity index (χ1v) is 13.9. The highest BCUT2D eigenvalue weighted by Crippen LogP contribution is 2.32. The van der Waals surface area contributed by atoms with Crippen LogP contribution in [0.5, 0.6) is 0 Å². The van der Waals surface area contributed by atoms with Crippen LogP contribution in [0, 0.1) is 6.92 Å². The molecule has 9 nitrogen and oxygen atoms in total. The Kier molecular flexibility index (Phi) is 7.22. The van der Waals surface area contributed by atoms with Crippen LogP contribution in [0.4, 0.5) is 17.5 Å². The van der Waals surface area contributed by atoms with Crippen molar-refractivity contribution in [3.05, 3.63) is 46.0 Å². The van der Waals surface area contributed by atoms with Crippen molar-refractivity contribution in [2.75, 3.05) is 36.4 Å². The molecule has 1 N–H and O–H groups in total. The van der Waals surface area contributed by atoms with Gasteiger partial charge in [-0.3, -0.25) is 19.1 Å². The number of hydrogen-bond donors (Lipinski definition) is 1. The Labute approximate surface area is 224 Å². The van der Waals surface area contributed by atoms with Gasteiger partial charge in [0.05, 0.1) is 17.4 Å². The highest BCUT2D eigenvalue weighted by atomic mass is 16.1. The number of fused-ring (bicyclic) bond motifs is 1. The van der Waals surface area contributed by atoms with Crippen molar-refractivity contribution < 1.29 is 4.79 Å². The summed E-state index contributed by atoms with van der Waals surface area (Å²) in [7, 11) is 0. The van der Waals surface area contributed by atoms with Crippen molar-refractivity contribution in [3.63, 3.8) is 0 Å². The average Bonchev–Trinajstić information content (AvgIpc) is 3.43. The maximum Gasteiger partial charge on any atom is 0.263 e. The zero-order valence-corrected chi connectivity index (χ0v) is 23.3. The minimum atomic E-state index is -0.246. The van der Waals surface area contributed by atoms with Crippen molar-refractivity contribution in [2.45, 2.75) is 78.3 Å². The molecule has 1 aliphatic heterocycles. The first-order chi connectivity index (χ1) is 18.2. The SMILES string of the molecule is CCC(C)(C)N1CCN(c2ccc(Nc3ncc4c(C)c(C(C)=O)c(=O)n(C5CCCC5)c4n3)nc2)CC1. The molecule has 2 aliphatic rings. The van der Waals surface area contributed by atoms with Crippen LogP contribution in [0.15, 0.2) is 29.3 Å². The second-order valence-corrected chi connectivity index (χ2v) is 11.3. The van der Waals surface area contributed by atoms with Crippen LogP contribution in [0.25, 0.3) is 11.0 Å². The first-order valence-electron chi connectivity index (χ1n) is 13.9. The van der Waals surface area contributed by atoms with Crippen molar-refractivity contribution in [1.82, 2.24) is 24.4 Å². The molecule has 38 heavy (non-hydrogen) atoms. The molecule has 202 valence electrons. The summed E-state index contributed by atoms with van der Waals surface area (Å²) in [4.78, 5) is 44.6. The molecule has 9 heteroatoms. The maximum atomic E-state index is 13.4. The molecule has 4 heterocycles. The Bertz CT molecular complexity index is 1380. The lowest BCUT2D eigenvalue weighted by Gasteiger charge is -2.44. The number of nitrogens with one attached hydrogen (secondary N) is 1. The van der Waals surface area contributed by atoms with E-state index in [1.807, 2.05) is 12.3 Å². The molecule has 0 aromatic carbocycles. The molecule has 0 spiro atoms. The van der Waals surface area contributed by atoms with Crippen LogP contribution in [0.1, 0.15) is 81.8 Å². The number of aromatic nitrogens is 4. The number of ketones is 1. The van der Waals surface area contributed by atoms with E-state index in [4.69, 9.17) is 4.98 Å². The molecule has 1 aliphatic carbocycles. The van der Waals surface area contributed by atoms with Crippen molar-refractivity contribution in [2.24, 2.45) is 0 Å². The lowest BCUT2D eigenvalue weighted by atomic mass is 9.98. The number of piperazine rings is 1. The molecular weight excluding hydrogens is 478 g/mol. The van der Waals surface area contributed by atoms with Gasteiger partial charge in [0.25, 0.3) is 5.56 Å². The summed E-state index contributed by atoms with van der Waals surface area (Å²) >= 11 is 0. The van der Waals surface area contributed by atoms with E-state index in [0.717, 1.165) is 69.4 Å². The molecule has 3 aromatic heterocycles. The van der Waals surface area contributed by atoms with Gasteiger partial charge in [-0.25, -0.2) is 9.97 Å². The number of carbonyl (C=O) groups excluding carboxylic acids is 1. The van der Waals surface area contributed by atoms with E-state index in [2.05, 4.69) is 51.9 Å². The molecule has 3 aromatic rings. The molecule has 1 saturated heterocycles. The standard InChI is InChI=1S/C29H39N7O2/c1-6-29(4,5)35-15-13-34(14-16-35)22-11-12-24(30-17-22)32-28-31-18-23-19(2)25(20(3)37)27(38)36(26(23)33-28)21-9-7-8-10-21/h11-12,17-18,21H,6-10,13-16H2,1-5H3,(H,30,31,32,33). The largest absolute Gasteiger partial charge is 0.368 e. The van der Waals surface area contributed by atoms with Gasteiger partial charge in [-0.15, -0.1) is 0 Å². The normalized spacial score (nSPS) is 17.3. The minimum Gasteiger partial charge on any atom is -0.368 e. The summed E-state index contributed by atoms with van der Waals surface area (Å²) in [6, 6.07) is 4.07. The summed E-state index contributed by atoms with van der Waals surface area (Å²) in [5.74, 6) is 0.808. The number of hydrogen-bond acceptors (Lipinski definition) is 8. The average molecular weight is 518 g/mol. The fourth-order valence-electron chi connectivity index (χ4n) is 5.86. The van der Waals surface area contributed by atoms with Crippen LogP contribution in [-0.2, 0) is 0 Å². The monoisotopic (exact) mass is 517 g/mol. The zero-order valence-electron chi connectivity index (χ0n) is 23.3. The fraction of sp³-hybridized carbons (Fsp3) is 0.552. The molecule has 0 bridgehead atoms. The van der Waals surface area contributed by atoms with Gasteiger partial charge in [0.1, 0.15) is 11.5 Å². The Morgan fingerprint density at radius 3 is 2.39 bits per heavy atom. The molecule has 1 saturated carbocycles. The van der Waals surface area contributed by atoms with E-state index in [9.17, 15) is 9.59 Å². The third kappa shape index (κ3) is 4.91. The van der Waals surface area contributed by atoms with Gasteiger partial charge < -0.3 is 10.2 Å². The molecule has 2 fully saturated rings. The summed E-state index contributed by atoms with van der Waals surface area (Å²) in [5.41, 5.74) is 2.54.